The lowest BCUT2D eigenvalue weighted by molar-refractivity contribution is 0.795. The monoisotopic (exact) mass is 260 g/mol. The van der Waals surface area contributed by atoms with Crippen molar-refractivity contribution >= 4 is 11.6 Å². The Morgan fingerprint density at radius 1 is 1.26 bits per heavy atom. The van der Waals surface area contributed by atoms with Crippen LogP contribution in [0.5, 0.6) is 0 Å². The van der Waals surface area contributed by atoms with Crippen molar-refractivity contribution in [2.75, 3.05) is 18.5 Å². The lowest BCUT2D eigenvalue weighted by atomic mass is 10.1. The third-order valence-corrected chi connectivity index (χ3v) is 3.55. The summed E-state index contributed by atoms with van der Waals surface area (Å²) < 4.78 is 1.58. The topological polar surface area (TPSA) is 50.5 Å². The Labute approximate surface area is 112 Å². The van der Waals surface area contributed by atoms with Gasteiger partial charge in [-0.05, 0) is 44.4 Å². The van der Waals surface area contributed by atoms with Crippen LogP contribution in [-0.4, -0.2) is 28.0 Å². The number of rotatable bonds is 3. The number of hydrogen-bond acceptors (Lipinski definition) is 4. The van der Waals surface area contributed by atoms with Gasteiger partial charge in [0.05, 0.1) is 0 Å². The summed E-state index contributed by atoms with van der Waals surface area (Å²) in [4.78, 5) is 22.7. The van der Waals surface area contributed by atoms with Gasteiger partial charge in [0.25, 0.3) is 0 Å². The van der Waals surface area contributed by atoms with Crippen LogP contribution in [0.1, 0.15) is 30.2 Å². The van der Waals surface area contributed by atoms with Gasteiger partial charge in [0.2, 0.25) is 5.95 Å². The van der Waals surface area contributed by atoms with Gasteiger partial charge in [-0.2, -0.15) is 9.97 Å². The van der Waals surface area contributed by atoms with E-state index in [2.05, 4.69) is 16.9 Å². The van der Waals surface area contributed by atoms with Crippen LogP contribution in [0.4, 0.5) is 5.95 Å². The molecule has 0 N–H and O–H groups in total. The average molecular weight is 260 g/mol. The summed E-state index contributed by atoms with van der Waals surface area (Å²) in [5.74, 6) is 0.495. The van der Waals surface area contributed by atoms with Gasteiger partial charge in [-0.1, -0.05) is 6.92 Å². The van der Waals surface area contributed by atoms with E-state index in [9.17, 15) is 4.79 Å². The molecule has 0 aliphatic heterocycles. The van der Waals surface area contributed by atoms with Crippen molar-refractivity contribution in [2.24, 2.45) is 0 Å². The molecule has 102 valence electrons. The molecule has 0 fully saturated rings. The number of anilines is 1. The minimum Gasteiger partial charge on any atom is -0.344 e. The molecule has 0 saturated carbocycles. The van der Waals surface area contributed by atoms with E-state index in [1.165, 1.54) is 0 Å². The molecule has 0 atom stereocenters. The number of pyridine rings is 1. The Kier molecular flexibility index (Phi) is 3.55. The molecule has 5 nitrogen and oxygen atoms in total. The molecule has 2 rings (SSSR count). The molecule has 0 aliphatic rings. The maximum Gasteiger partial charge on any atom is 0.356 e. The minimum absolute atomic E-state index is 0.261. The summed E-state index contributed by atoms with van der Waals surface area (Å²) in [5.41, 5.74) is 3.55. The third kappa shape index (κ3) is 2.32. The van der Waals surface area contributed by atoms with Gasteiger partial charge in [0.15, 0.2) is 0 Å². The molecule has 0 bridgehead atoms. The summed E-state index contributed by atoms with van der Waals surface area (Å²) in [6, 6.07) is 1.94. The summed E-state index contributed by atoms with van der Waals surface area (Å²) in [7, 11) is 1.91. The molecular formula is C14H20N4O. The molecule has 2 aromatic heterocycles. The van der Waals surface area contributed by atoms with E-state index in [0.29, 0.717) is 11.6 Å². The van der Waals surface area contributed by atoms with E-state index in [-0.39, 0.29) is 5.69 Å². The molecule has 0 unspecified atom stereocenters. The first kappa shape index (κ1) is 13.5. The van der Waals surface area contributed by atoms with Crippen LogP contribution >= 0.6 is 0 Å². The number of fused-ring (bicyclic) bond motifs is 1. The first-order chi connectivity index (χ1) is 8.95. The second-order valence-corrected chi connectivity index (χ2v) is 4.96. The van der Waals surface area contributed by atoms with Crippen LogP contribution in [0, 0.1) is 20.8 Å². The lowest BCUT2D eigenvalue weighted by Crippen LogP contribution is -2.28. The standard InChI is InChI=1S/C14H20N4O/c1-6-7-17(5)13-15-12-8-9(2)10(3)11(4)18(12)14(19)16-13/h8H,6-7H2,1-5H3. The van der Waals surface area contributed by atoms with E-state index in [1.54, 1.807) is 4.40 Å². The molecular weight excluding hydrogens is 240 g/mol. The van der Waals surface area contributed by atoms with Crippen LogP contribution in [0.15, 0.2) is 10.9 Å². The summed E-state index contributed by atoms with van der Waals surface area (Å²) in [6.45, 7) is 8.88. The molecule has 0 amide bonds. The smallest absolute Gasteiger partial charge is 0.344 e. The van der Waals surface area contributed by atoms with Gasteiger partial charge in [-0.15, -0.1) is 0 Å². The fourth-order valence-electron chi connectivity index (χ4n) is 2.18. The predicted octanol–water partition coefficient (Wildman–Crippen LogP) is 1.86. The molecule has 0 aromatic carbocycles. The zero-order valence-electron chi connectivity index (χ0n) is 12.2. The Hall–Kier alpha value is -1.91. The molecule has 0 aliphatic carbocycles. The summed E-state index contributed by atoms with van der Waals surface area (Å²) in [6.07, 6.45) is 0.991. The zero-order chi connectivity index (χ0) is 14.2. The predicted molar refractivity (Wildman–Crippen MR) is 77.0 cm³/mol. The molecule has 5 heteroatoms. The first-order valence-electron chi connectivity index (χ1n) is 6.54. The summed E-state index contributed by atoms with van der Waals surface area (Å²) in [5, 5.41) is 0. The molecule has 0 spiro atoms. The van der Waals surface area contributed by atoms with E-state index < -0.39 is 0 Å². The Bertz CT molecular complexity index is 675. The van der Waals surface area contributed by atoms with Gasteiger partial charge in [-0.25, -0.2) is 9.20 Å². The molecule has 2 aromatic rings. The van der Waals surface area contributed by atoms with Crippen LogP contribution < -0.4 is 10.6 Å². The number of aromatic nitrogens is 3. The van der Waals surface area contributed by atoms with Gasteiger partial charge in [0.1, 0.15) is 5.65 Å². The van der Waals surface area contributed by atoms with Crippen molar-refractivity contribution < 1.29 is 0 Å². The Morgan fingerprint density at radius 3 is 2.58 bits per heavy atom. The average Bonchev–Trinajstić information content (AvgIpc) is 2.35. The maximum absolute atomic E-state index is 12.2. The van der Waals surface area contributed by atoms with E-state index in [4.69, 9.17) is 0 Å². The number of aryl methyl sites for hydroxylation is 2. The van der Waals surface area contributed by atoms with Crippen molar-refractivity contribution in [3.63, 3.8) is 0 Å². The minimum atomic E-state index is -0.261. The highest BCUT2D eigenvalue weighted by atomic mass is 16.1. The van der Waals surface area contributed by atoms with Crippen molar-refractivity contribution in [3.05, 3.63) is 33.4 Å². The fourth-order valence-corrected chi connectivity index (χ4v) is 2.18. The fraction of sp³-hybridized carbons (Fsp3) is 0.500. The van der Waals surface area contributed by atoms with E-state index in [1.807, 2.05) is 38.8 Å². The van der Waals surface area contributed by atoms with E-state index in [0.717, 1.165) is 29.8 Å². The van der Waals surface area contributed by atoms with Crippen LogP contribution in [0.3, 0.4) is 0 Å². The second-order valence-electron chi connectivity index (χ2n) is 4.96. The van der Waals surface area contributed by atoms with Crippen LogP contribution in [0.2, 0.25) is 0 Å². The summed E-state index contributed by atoms with van der Waals surface area (Å²) >= 11 is 0. The van der Waals surface area contributed by atoms with Crippen molar-refractivity contribution in [1.29, 1.82) is 0 Å². The largest absolute Gasteiger partial charge is 0.356 e. The van der Waals surface area contributed by atoms with Crippen molar-refractivity contribution in [3.8, 4) is 0 Å². The van der Waals surface area contributed by atoms with Gasteiger partial charge >= 0.3 is 5.69 Å². The van der Waals surface area contributed by atoms with Gasteiger partial charge in [-0.3, -0.25) is 0 Å². The Balaban J connectivity index is 2.71. The lowest BCUT2D eigenvalue weighted by Gasteiger charge is -2.17. The van der Waals surface area contributed by atoms with Crippen molar-refractivity contribution in [1.82, 2.24) is 14.4 Å². The maximum atomic E-state index is 12.2. The quantitative estimate of drug-likeness (QED) is 0.845. The molecule has 2 heterocycles. The number of nitrogens with zero attached hydrogens (tertiary/aromatic N) is 4. The van der Waals surface area contributed by atoms with Crippen LogP contribution in [-0.2, 0) is 0 Å². The highest BCUT2D eigenvalue weighted by molar-refractivity contribution is 5.49. The second kappa shape index (κ2) is 4.99. The third-order valence-electron chi connectivity index (χ3n) is 3.55. The SMILES string of the molecule is CCCN(C)c1nc(=O)n2c(C)c(C)c(C)cc2n1. The highest BCUT2D eigenvalue weighted by Gasteiger charge is 2.11. The zero-order valence-corrected chi connectivity index (χ0v) is 12.2. The van der Waals surface area contributed by atoms with E-state index >= 15 is 0 Å². The number of hydrogen-bond donors (Lipinski definition) is 0. The molecule has 19 heavy (non-hydrogen) atoms. The normalized spacial score (nSPS) is 11.0. The van der Waals surface area contributed by atoms with Crippen LogP contribution in [0.25, 0.3) is 5.65 Å². The van der Waals surface area contributed by atoms with Gasteiger partial charge < -0.3 is 4.90 Å². The molecule has 0 radical (unpaired) electrons. The highest BCUT2D eigenvalue weighted by Crippen LogP contribution is 2.15. The molecule has 0 saturated heterocycles. The van der Waals surface area contributed by atoms with Gasteiger partial charge in [0, 0.05) is 19.3 Å². The first-order valence-corrected chi connectivity index (χ1v) is 6.54. The Morgan fingerprint density at radius 2 is 1.95 bits per heavy atom. The van der Waals surface area contributed by atoms with Crippen molar-refractivity contribution in [2.45, 2.75) is 34.1 Å².